The van der Waals surface area contributed by atoms with Crippen molar-refractivity contribution < 1.29 is 14.1 Å². The summed E-state index contributed by atoms with van der Waals surface area (Å²) in [5.41, 5.74) is 1.31. The van der Waals surface area contributed by atoms with Gasteiger partial charge in [-0.1, -0.05) is 11.6 Å². The number of benzene rings is 2. The average Bonchev–Trinajstić information content (AvgIpc) is 2.94. The van der Waals surface area contributed by atoms with Crippen LogP contribution in [0.4, 0.5) is 5.69 Å². The van der Waals surface area contributed by atoms with Gasteiger partial charge in [-0.3, -0.25) is 19.7 Å². The summed E-state index contributed by atoms with van der Waals surface area (Å²) in [6.07, 6.45) is 0. The highest BCUT2D eigenvalue weighted by molar-refractivity contribution is 6.32. The molecule has 130 valence electrons. The lowest BCUT2D eigenvalue weighted by atomic mass is 9.99. The fraction of sp³-hybridized carbons (Fsp3) is 0.111. The summed E-state index contributed by atoms with van der Waals surface area (Å²) in [4.78, 5) is 35.5. The maximum atomic E-state index is 13.0. The second-order valence-electron chi connectivity index (χ2n) is 6.03. The van der Waals surface area contributed by atoms with Gasteiger partial charge >= 0.3 is 0 Å². The Morgan fingerprint density at radius 3 is 2.54 bits per heavy atom. The number of carbonyl (C=O) groups excluding carboxylic acids is 1. The van der Waals surface area contributed by atoms with Crippen LogP contribution in [0.5, 0.6) is 0 Å². The predicted molar refractivity (Wildman–Crippen MR) is 94.6 cm³/mol. The molecule has 8 heteroatoms. The van der Waals surface area contributed by atoms with E-state index in [1.165, 1.54) is 30.3 Å². The van der Waals surface area contributed by atoms with Crippen LogP contribution in [0.15, 0.2) is 45.6 Å². The van der Waals surface area contributed by atoms with Crippen molar-refractivity contribution in [2.75, 3.05) is 0 Å². The summed E-state index contributed by atoms with van der Waals surface area (Å²) in [6, 6.07) is 8.05. The van der Waals surface area contributed by atoms with Crippen LogP contribution in [0.25, 0.3) is 11.0 Å². The molecule has 1 atom stereocenters. The molecule has 0 aliphatic carbocycles. The summed E-state index contributed by atoms with van der Waals surface area (Å²) in [5.74, 6) is -0.553. The lowest BCUT2D eigenvalue weighted by Crippen LogP contribution is -2.21. The third kappa shape index (κ3) is 2.36. The molecule has 1 unspecified atom stereocenters. The number of hydrogen-bond acceptors (Lipinski definition) is 5. The molecule has 0 bridgehead atoms. The fourth-order valence-corrected chi connectivity index (χ4v) is 3.23. The second-order valence-corrected chi connectivity index (χ2v) is 6.43. The van der Waals surface area contributed by atoms with Gasteiger partial charge in [-0.05, 0) is 42.3 Å². The number of rotatable bonds is 2. The Bertz CT molecular complexity index is 1150. The van der Waals surface area contributed by atoms with Crippen LogP contribution in [-0.2, 0) is 0 Å². The van der Waals surface area contributed by atoms with Gasteiger partial charge in [0.25, 0.3) is 11.6 Å². The number of fused-ring (bicyclic) bond motifs is 2. The monoisotopic (exact) mass is 370 g/mol. The van der Waals surface area contributed by atoms with E-state index in [-0.39, 0.29) is 33.4 Å². The van der Waals surface area contributed by atoms with E-state index in [0.717, 1.165) is 5.56 Å². The van der Waals surface area contributed by atoms with Crippen molar-refractivity contribution in [3.63, 3.8) is 0 Å². The molecular formula is C18H11ClN2O5. The van der Waals surface area contributed by atoms with Gasteiger partial charge in [0.15, 0.2) is 5.43 Å². The zero-order valence-corrected chi connectivity index (χ0v) is 14.2. The number of non-ortho nitro benzene ring substituents is 1. The minimum absolute atomic E-state index is 0.0485. The lowest BCUT2D eigenvalue weighted by molar-refractivity contribution is -0.384. The van der Waals surface area contributed by atoms with Crippen LogP contribution in [0.3, 0.4) is 0 Å². The van der Waals surface area contributed by atoms with E-state index in [1.807, 2.05) is 0 Å². The molecule has 26 heavy (non-hydrogen) atoms. The van der Waals surface area contributed by atoms with E-state index >= 15 is 0 Å². The lowest BCUT2D eigenvalue weighted by Gasteiger charge is -2.11. The van der Waals surface area contributed by atoms with E-state index in [0.29, 0.717) is 10.6 Å². The van der Waals surface area contributed by atoms with Gasteiger partial charge in [-0.25, -0.2) is 0 Å². The summed E-state index contributed by atoms with van der Waals surface area (Å²) >= 11 is 6.11. The van der Waals surface area contributed by atoms with Crippen molar-refractivity contribution in [1.29, 1.82) is 0 Å². The summed E-state index contributed by atoms with van der Waals surface area (Å²) in [6.45, 7) is 1.77. The number of nitro benzene ring substituents is 1. The number of carbonyl (C=O) groups is 1. The first-order valence-electron chi connectivity index (χ1n) is 7.69. The predicted octanol–water partition coefficient (Wildman–Crippen LogP) is 3.50. The molecule has 1 N–H and O–H groups in total. The van der Waals surface area contributed by atoms with Gasteiger partial charge in [0, 0.05) is 17.2 Å². The van der Waals surface area contributed by atoms with Crippen LogP contribution in [0, 0.1) is 17.0 Å². The van der Waals surface area contributed by atoms with Crippen LogP contribution in [-0.4, -0.2) is 10.8 Å². The van der Waals surface area contributed by atoms with Gasteiger partial charge in [-0.15, -0.1) is 0 Å². The highest BCUT2D eigenvalue weighted by atomic mass is 35.5. The Balaban J connectivity index is 1.92. The molecular weight excluding hydrogens is 360 g/mol. The molecule has 0 saturated heterocycles. The van der Waals surface area contributed by atoms with Crippen molar-refractivity contribution in [3.05, 3.63) is 84.2 Å². The highest BCUT2D eigenvalue weighted by Crippen LogP contribution is 2.32. The molecule has 3 aromatic rings. The molecule has 0 saturated carbocycles. The summed E-state index contributed by atoms with van der Waals surface area (Å²) in [7, 11) is 0. The zero-order chi connectivity index (χ0) is 18.6. The van der Waals surface area contributed by atoms with Crippen molar-refractivity contribution in [3.8, 4) is 0 Å². The third-order valence-corrected chi connectivity index (χ3v) is 4.82. The molecule has 1 aliphatic rings. The topological polar surface area (TPSA) is 102 Å². The van der Waals surface area contributed by atoms with E-state index in [2.05, 4.69) is 5.32 Å². The minimum atomic E-state index is -0.737. The Hall–Kier alpha value is -3.19. The van der Waals surface area contributed by atoms with Gasteiger partial charge < -0.3 is 9.73 Å². The maximum Gasteiger partial charge on any atom is 0.288 e. The fourth-order valence-electron chi connectivity index (χ4n) is 3.07. The Morgan fingerprint density at radius 2 is 1.88 bits per heavy atom. The molecule has 1 aliphatic heterocycles. The van der Waals surface area contributed by atoms with Crippen molar-refractivity contribution in [2.45, 2.75) is 13.0 Å². The number of aryl methyl sites for hydroxylation is 1. The van der Waals surface area contributed by atoms with Crippen molar-refractivity contribution in [1.82, 2.24) is 5.32 Å². The first-order chi connectivity index (χ1) is 12.4. The van der Waals surface area contributed by atoms with E-state index in [4.69, 9.17) is 16.0 Å². The Morgan fingerprint density at radius 1 is 1.19 bits per heavy atom. The molecule has 0 radical (unpaired) electrons. The van der Waals surface area contributed by atoms with Crippen molar-refractivity contribution >= 4 is 34.2 Å². The molecule has 0 fully saturated rings. The maximum absolute atomic E-state index is 13.0. The van der Waals surface area contributed by atoms with Crippen LogP contribution in [0.2, 0.25) is 5.02 Å². The first-order valence-corrected chi connectivity index (χ1v) is 8.06. The molecule has 7 nitrogen and oxygen atoms in total. The van der Waals surface area contributed by atoms with Crippen molar-refractivity contribution in [2.24, 2.45) is 0 Å². The van der Waals surface area contributed by atoms with E-state index in [1.54, 1.807) is 13.0 Å². The molecule has 0 spiro atoms. The first kappa shape index (κ1) is 16.3. The van der Waals surface area contributed by atoms with E-state index < -0.39 is 16.9 Å². The number of amides is 1. The Kier molecular flexibility index (Phi) is 3.55. The SMILES string of the molecule is Cc1cc2oc3c(c(=O)c2cc1Cl)C(c1ccc([N+](=O)[O-])cc1)NC3=O. The number of nitrogens with zero attached hydrogens (tertiary/aromatic N) is 1. The smallest absolute Gasteiger partial charge is 0.288 e. The number of hydrogen-bond donors (Lipinski definition) is 1. The number of nitro groups is 1. The van der Waals surface area contributed by atoms with Crippen LogP contribution in [0.1, 0.15) is 33.3 Å². The van der Waals surface area contributed by atoms with Crippen LogP contribution >= 0.6 is 11.6 Å². The average molecular weight is 371 g/mol. The number of nitrogens with one attached hydrogen (secondary N) is 1. The zero-order valence-electron chi connectivity index (χ0n) is 13.4. The quantitative estimate of drug-likeness (QED) is 0.549. The normalized spacial score (nSPS) is 15.8. The Labute approximate surface area is 151 Å². The molecule has 1 amide bonds. The second kappa shape index (κ2) is 5.67. The summed E-state index contributed by atoms with van der Waals surface area (Å²) < 4.78 is 5.67. The van der Waals surface area contributed by atoms with Gasteiger partial charge in [0.2, 0.25) is 5.76 Å². The minimum Gasteiger partial charge on any atom is -0.450 e. The van der Waals surface area contributed by atoms with Gasteiger partial charge in [0.05, 0.1) is 21.9 Å². The van der Waals surface area contributed by atoms with Gasteiger partial charge in [0.1, 0.15) is 5.58 Å². The standard InChI is InChI=1S/C18H11ClN2O5/c1-8-6-13-11(7-12(8)19)16(22)14-15(20-18(23)17(14)26-13)9-2-4-10(5-3-9)21(24)25/h2-7,15H,1H3,(H,20,23). The molecule has 2 heterocycles. The van der Waals surface area contributed by atoms with E-state index in [9.17, 15) is 19.7 Å². The largest absolute Gasteiger partial charge is 0.450 e. The van der Waals surface area contributed by atoms with Gasteiger partial charge in [-0.2, -0.15) is 0 Å². The summed E-state index contributed by atoms with van der Waals surface area (Å²) in [5, 5.41) is 14.2. The number of halogens is 1. The highest BCUT2D eigenvalue weighted by Gasteiger charge is 2.36. The molecule has 1 aromatic heterocycles. The van der Waals surface area contributed by atoms with Crippen LogP contribution < -0.4 is 10.7 Å². The molecule has 4 rings (SSSR count). The molecule has 2 aromatic carbocycles. The third-order valence-electron chi connectivity index (χ3n) is 4.41.